The molecule has 0 radical (unpaired) electrons. The lowest BCUT2D eigenvalue weighted by atomic mass is 9.66. The van der Waals surface area contributed by atoms with E-state index in [1.165, 1.54) is 43.7 Å². The number of rotatable bonds is 4. The molecule has 7 nitrogen and oxygen atoms in total. The molecule has 4 aliphatic heterocycles. The number of nitrogens with zero attached hydrogens (tertiary/aromatic N) is 4. The molecule has 10 rings (SSSR count). The van der Waals surface area contributed by atoms with Gasteiger partial charge in [-0.05, 0) is 96.5 Å². The number of aryl methyl sites for hydroxylation is 2. The normalized spacial score (nSPS) is 22.8. The highest BCUT2D eigenvalue weighted by Crippen LogP contribution is 2.57. The third-order valence-electron chi connectivity index (χ3n) is 12.4. The number of ether oxygens (including phenoxy) is 1. The summed E-state index contributed by atoms with van der Waals surface area (Å²) in [4.78, 5) is 0. The molecule has 268 valence electrons. The van der Waals surface area contributed by atoms with Gasteiger partial charge in [-0.1, -0.05) is 64.1 Å². The second-order valence-electron chi connectivity index (χ2n) is 16.1. The van der Waals surface area contributed by atoms with E-state index >= 15 is 0 Å². The van der Waals surface area contributed by atoms with Crippen molar-refractivity contribution in [1.82, 2.24) is 19.6 Å². The Labute approximate surface area is 319 Å². The minimum Gasteiger partial charge on any atom is -0.457 e. The molecule has 6 aromatic rings. The van der Waals surface area contributed by atoms with Crippen molar-refractivity contribution in [3.63, 3.8) is 0 Å². The lowest BCUT2D eigenvalue weighted by molar-refractivity contribution is 0.290. The molecule has 0 spiro atoms. The number of hydrogen-bond donors (Lipinski definition) is 2. The zero-order valence-corrected chi connectivity index (χ0v) is 32.6. The van der Waals surface area contributed by atoms with Gasteiger partial charge in [-0.15, -0.1) is 23.5 Å². The monoisotopic (exact) mass is 736 g/mol. The van der Waals surface area contributed by atoms with Gasteiger partial charge in [-0.2, -0.15) is 10.2 Å². The first kappa shape index (κ1) is 33.0. The summed E-state index contributed by atoms with van der Waals surface area (Å²) < 4.78 is 11.0. The fraction of sp³-hybridized carbons (Fsp3) is 0.318. The molecule has 9 heteroatoms. The molecule has 0 aliphatic carbocycles. The Morgan fingerprint density at radius 2 is 1.02 bits per heavy atom. The van der Waals surface area contributed by atoms with Gasteiger partial charge in [0.15, 0.2) is 0 Å². The largest absolute Gasteiger partial charge is 0.457 e. The minimum absolute atomic E-state index is 0.0721. The van der Waals surface area contributed by atoms with E-state index in [0.717, 1.165) is 45.8 Å². The molecule has 53 heavy (non-hydrogen) atoms. The molecule has 4 aliphatic rings. The summed E-state index contributed by atoms with van der Waals surface area (Å²) in [7, 11) is 0. The maximum atomic E-state index is 6.73. The third-order valence-corrected chi connectivity index (χ3v) is 14.8. The Balaban J connectivity index is 0.937. The van der Waals surface area contributed by atoms with Crippen LogP contribution in [0.5, 0.6) is 11.5 Å². The van der Waals surface area contributed by atoms with Crippen LogP contribution in [-0.4, -0.2) is 31.1 Å². The summed E-state index contributed by atoms with van der Waals surface area (Å²) in [6.45, 7) is 13.9. The maximum absolute atomic E-state index is 6.73. The molecule has 6 heterocycles. The van der Waals surface area contributed by atoms with E-state index in [1.54, 1.807) is 0 Å². The lowest BCUT2D eigenvalue weighted by Crippen LogP contribution is -2.44. The standard InChI is InChI=1S/C44H44N6OS2/c1-25-37-39-33(23-52-41(37)49(47-25)27-13-9-7-10-14-27)43(3,4)31-21-29(17-19-35(31)45-39)51-30-18-20-36-32(22-30)44(5,6)34-24-53-42-38(40(34)46-36)26(2)48-50(42)28-15-11-8-12-16-28/h7-22,33-34,39-40,45-46H,23-24H2,1-6H3/t33-,34-,39-,40-/m1/s1. The Kier molecular flexibility index (Phi) is 7.44. The molecule has 0 saturated heterocycles. The zero-order valence-electron chi connectivity index (χ0n) is 31.0. The molecule has 2 N–H and O–H groups in total. The number of para-hydroxylation sites is 2. The van der Waals surface area contributed by atoms with Crippen molar-refractivity contribution in [1.29, 1.82) is 0 Å². The average Bonchev–Trinajstić information content (AvgIpc) is 3.69. The number of hydrogen-bond acceptors (Lipinski definition) is 7. The van der Waals surface area contributed by atoms with Crippen LogP contribution in [0.25, 0.3) is 11.4 Å². The zero-order chi connectivity index (χ0) is 36.2. The number of aromatic nitrogens is 4. The Hall–Kier alpha value is -4.60. The number of thioether (sulfide) groups is 2. The van der Waals surface area contributed by atoms with Crippen molar-refractivity contribution < 1.29 is 4.74 Å². The number of benzene rings is 4. The second kappa shape index (κ2) is 12.0. The minimum atomic E-state index is -0.0721. The average molecular weight is 737 g/mol. The molecule has 0 fully saturated rings. The number of fused-ring (bicyclic) bond motifs is 8. The first-order valence-electron chi connectivity index (χ1n) is 18.6. The van der Waals surface area contributed by atoms with Gasteiger partial charge < -0.3 is 15.4 Å². The quantitative estimate of drug-likeness (QED) is 0.187. The van der Waals surface area contributed by atoms with Crippen molar-refractivity contribution in [2.75, 3.05) is 22.1 Å². The van der Waals surface area contributed by atoms with Crippen LogP contribution in [0.4, 0.5) is 11.4 Å². The van der Waals surface area contributed by atoms with Gasteiger partial charge in [0, 0.05) is 45.8 Å². The number of anilines is 2. The van der Waals surface area contributed by atoms with Gasteiger partial charge in [0.25, 0.3) is 0 Å². The molecule has 0 amide bonds. The van der Waals surface area contributed by atoms with Crippen LogP contribution in [-0.2, 0) is 10.8 Å². The molecular weight excluding hydrogens is 693 g/mol. The highest BCUT2D eigenvalue weighted by molar-refractivity contribution is 7.99. The first-order valence-corrected chi connectivity index (χ1v) is 20.6. The second-order valence-corrected chi connectivity index (χ2v) is 18.2. The van der Waals surface area contributed by atoms with Crippen molar-refractivity contribution in [2.45, 2.75) is 74.5 Å². The van der Waals surface area contributed by atoms with Crippen LogP contribution in [0.1, 0.15) is 73.4 Å². The van der Waals surface area contributed by atoms with Crippen molar-refractivity contribution in [3.05, 3.63) is 131 Å². The van der Waals surface area contributed by atoms with Crippen LogP contribution in [0.15, 0.2) is 107 Å². The molecule has 2 aromatic heterocycles. The maximum Gasteiger partial charge on any atom is 0.127 e. The van der Waals surface area contributed by atoms with Gasteiger partial charge in [0.05, 0.1) is 34.8 Å². The van der Waals surface area contributed by atoms with Gasteiger partial charge >= 0.3 is 0 Å². The molecule has 0 unspecified atom stereocenters. The summed E-state index contributed by atoms with van der Waals surface area (Å²) in [6.07, 6.45) is 0. The SMILES string of the molecule is Cc1nn(-c2ccccc2)c2c1[C@@H]1Nc3ccc(Oc4ccc5c(c4)C(C)(C)[C@@H]4CSc6c(c(C)nn6-c6ccccc6)[C@@H]4N5)cc3C(C)(C)[C@@H]1CS2. The van der Waals surface area contributed by atoms with E-state index in [2.05, 4.69) is 159 Å². The predicted octanol–water partition coefficient (Wildman–Crippen LogP) is 10.8. The van der Waals surface area contributed by atoms with Crippen LogP contribution >= 0.6 is 23.5 Å². The Morgan fingerprint density at radius 1 is 0.604 bits per heavy atom. The smallest absolute Gasteiger partial charge is 0.127 e. The molecular formula is C44H44N6OS2. The lowest BCUT2D eigenvalue weighted by Gasteiger charge is -2.48. The van der Waals surface area contributed by atoms with Crippen molar-refractivity contribution >= 4 is 34.9 Å². The summed E-state index contributed by atoms with van der Waals surface area (Å²) in [5, 5.41) is 20.5. The topological polar surface area (TPSA) is 68.9 Å². The summed E-state index contributed by atoms with van der Waals surface area (Å²) in [5.41, 5.74) is 11.9. The van der Waals surface area contributed by atoms with E-state index in [9.17, 15) is 0 Å². The van der Waals surface area contributed by atoms with Crippen LogP contribution in [0, 0.1) is 25.7 Å². The van der Waals surface area contributed by atoms with Crippen molar-refractivity contribution in [3.8, 4) is 22.9 Å². The first-order chi connectivity index (χ1) is 25.6. The fourth-order valence-electron chi connectivity index (χ4n) is 9.41. The third kappa shape index (κ3) is 5.03. The fourth-order valence-corrected chi connectivity index (χ4v) is 12.7. The van der Waals surface area contributed by atoms with Crippen LogP contribution < -0.4 is 15.4 Å². The van der Waals surface area contributed by atoms with E-state index in [1.807, 2.05) is 23.5 Å². The highest BCUT2D eigenvalue weighted by Gasteiger charge is 2.49. The summed E-state index contributed by atoms with van der Waals surface area (Å²) in [5.74, 6) is 4.57. The Morgan fingerprint density at radius 3 is 1.43 bits per heavy atom. The van der Waals surface area contributed by atoms with E-state index in [-0.39, 0.29) is 22.9 Å². The number of nitrogens with one attached hydrogen (secondary N) is 2. The van der Waals surface area contributed by atoms with E-state index in [4.69, 9.17) is 14.9 Å². The predicted molar refractivity (Wildman–Crippen MR) is 217 cm³/mol. The summed E-state index contributed by atoms with van der Waals surface area (Å²) in [6, 6.07) is 34.6. The molecule has 0 saturated carbocycles. The van der Waals surface area contributed by atoms with Crippen molar-refractivity contribution in [2.24, 2.45) is 11.8 Å². The molecule has 4 aromatic carbocycles. The Bertz CT molecular complexity index is 2230. The van der Waals surface area contributed by atoms with Crippen LogP contribution in [0.2, 0.25) is 0 Å². The van der Waals surface area contributed by atoms with Gasteiger partial charge in [0.2, 0.25) is 0 Å². The molecule has 4 atom stereocenters. The van der Waals surface area contributed by atoms with Gasteiger partial charge in [-0.3, -0.25) is 0 Å². The van der Waals surface area contributed by atoms with E-state index < -0.39 is 0 Å². The van der Waals surface area contributed by atoms with Gasteiger partial charge in [0.1, 0.15) is 21.6 Å². The van der Waals surface area contributed by atoms with E-state index in [0.29, 0.717) is 11.8 Å². The highest BCUT2D eigenvalue weighted by atomic mass is 32.2. The van der Waals surface area contributed by atoms with Crippen LogP contribution in [0.3, 0.4) is 0 Å². The summed E-state index contributed by atoms with van der Waals surface area (Å²) >= 11 is 3.87. The van der Waals surface area contributed by atoms with Gasteiger partial charge in [-0.25, -0.2) is 9.36 Å². The molecule has 0 bridgehead atoms.